The number of nitrogens with zero attached hydrogens (tertiary/aromatic N) is 3. The average molecular weight is 403 g/mol. The number of benzene rings is 2. The highest BCUT2D eigenvalue weighted by Gasteiger charge is 2.08. The van der Waals surface area contributed by atoms with E-state index >= 15 is 0 Å². The third kappa shape index (κ3) is 4.24. The van der Waals surface area contributed by atoms with E-state index < -0.39 is 0 Å². The van der Waals surface area contributed by atoms with Crippen molar-refractivity contribution in [3.8, 4) is 5.69 Å². The van der Waals surface area contributed by atoms with Gasteiger partial charge in [0.2, 0.25) is 5.91 Å². The van der Waals surface area contributed by atoms with Crippen LogP contribution in [0.3, 0.4) is 0 Å². The summed E-state index contributed by atoms with van der Waals surface area (Å²) in [5, 5.41) is 11.8. The molecule has 0 atom stereocenters. The molecule has 122 valence electrons. The molecule has 0 aliphatic heterocycles. The highest BCUT2D eigenvalue weighted by atomic mass is 79.9. The highest BCUT2D eigenvalue weighted by Crippen LogP contribution is 2.25. The van der Waals surface area contributed by atoms with E-state index in [1.807, 2.05) is 41.0 Å². The van der Waals surface area contributed by atoms with Gasteiger partial charge in [0.05, 0.1) is 5.69 Å². The normalized spacial score (nSPS) is 10.6. The second kappa shape index (κ2) is 7.63. The number of anilines is 1. The van der Waals surface area contributed by atoms with Crippen LogP contribution in [-0.4, -0.2) is 20.7 Å². The Balaban J connectivity index is 1.77. The monoisotopic (exact) mass is 402 g/mol. The molecule has 0 saturated heterocycles. The predicted molar refractivity (Wildman–Crippen MR) is 99.4 cm³/mol. The maximum absolute atomic E-state index is 11.2. The van der Waals surface area contributed by atoms with Crippen LogP contribution in [-0.2, 0) is 10.5 Å². The summed E-state index contributed by atoms with van der Waals surface area (Å²) < 4.78 is 2.98. The summed E-state index contributed by atoms with van der Waals surface area (Å²) in [4.78, 5) is 11.2. The molecule has 0 aliphatic carbocycles. The van der Waals surface area contributed by atoms with Crippen molar-refractivity contribution in [3.05, 3.63) is 64.9 Å². The van der Waals surface area contributed by atoms with Crippen molar-refractivity contribution in [1.29, 1.82) is 0 Å². The lowest BCUT2D eigenvalue weighted by Crippen LogP contribution is -2.06. The molecule has 0 spiro atoms. The third-order valence-corrected chi connectivity index (χ3v) is 4.79. The summed E-state index contributed by atoms with van der Waals surface area (Å²) in [6.07, 6.45) is 1.68. The molecule has 1 heterocycles. The first-order chi connectivity index (χ1) is 11.6. The summed E-state index contributed by atoms with van der Waals surface area (Å²) in [6.45, 7) is 1.49. The van der Waals surface area contributed by atoms with E-state index in [0.717, 1.165) is 26.8 Å². The van der Waals surface area contributed by atoms with E-state index in [1.54, 1.807) is 18.1 Å². The maximum atomic E-state index is 11.2. The topological polar surface area (TPSA) is 59.8 Å². The van der Waals surface area contributed by atoms with Crippen molar-refractivity contribution in [1.82, 2.24) is 14.8 Å². The molecule has 0 radical (unpaired) electrons. The van der Waals surface area contributed by atoms with E-state index in [-0.39, 0.29) is 5.91 Å². The predicted octanol–water partition coefficient (Wildman–Crippen LogP) is 4.28. The second-order valence-corrected chi connectivity index (χ2v) is 6.99. The summed E-state index contributed by atoms with van der Waals surface area (Å²) in [5.74, 6) is 0.706. The van der Waals surface area contributed by atoms with Gasteiger partial charge in [-0.05, 0) is 35.9 Å². The zero-order valence-corrected chi connectivity index (χ0v) is 15.3. The largest absolute Gasteiger partial charge is 0.326 e. The van der Waals surface area contributed by atoms with Crippen LogP contribution in [0.2, 0.25) is 0 Å². The lowest BCUT2D eigenvalue weighted by molar-refractivity contribution is -0.114. The molecule has 1 N–H and O–H groups in total. The van der Waals surface area contributed by atoms with Crippen molar-refractivity contribution in [2.75, 3.05) is 5.32 Å². The van der Waals surface area contributed by atoms with E-state index in [2.05, 4.69) is 43.6 Å². The maximum Gasteiger partial charge on any atom is 0.221 e. The van der Waals surface area contributed by atoms with Gasteiger partial charge in [0.15, 0.2) is 5.16 Å². The van der Waals surface area contributed by atoms with Gasteiger partial charge < -0.3 is 5.32 Å². The highest BCUT2D eigenvalue weighted by molar-refractivity contribution is 9.10. The molecule has 0 fully saturated rings. The molecule has 0 saturated carbocycles. The Labute approximate surface area is 152 Å². The van der Waals surface area contributed by atoms with Crippen LogP contribution in [0, 0.1) is 0 Å². The summed E-state index contributed by atoms with van der Waals surface area (Å²) >= 11 is 5.05. The van der Waals surface area contributed by atoms with Crippen LogP contribution in [0.1, 0.15) is 12.5 Å². The van der Waals surface area contributed by atoms with Gasteiger partial charge >= 0.3 is 0 Å². The van der Waals surface area contributed by atoms with E-state index in [4.69, 9.17) is 0 Å². The second-order valence-electron chi connectivity index (χ2n) is 5.13. The van der Waals surface area contributed by atoms with Crippen LogP contribution in [0.4, 0.5) is 5.69 Å². The number of aromatic nitrogens is 3. The fourth-order valence-electron chi connectivity index (χ4n) is 2.17. The summed E-state index contributed by atoms with van der Waals surface area (Å²) in [6, 6.07) is 15.8. The van der Waals surface area contributed by atoms with Gasteiger partial charge in [0.1, 0.15) is 6.33 Å². The number of halogens is 1. The molecule has 1 aromatic heterocycles. The number of hydrogen-bond donors (Lipinski definition) is 1. The Hall–Kier alpha value is -2.12. The molecule has 1 amide bonds. The number of amides is 1. The standard InChI is InChI=1S/C17H15BrN4OS/c1-12(23)20-15-3-2-4-16(9-15)22-11-19-21-17(22)24-10-13-5-7-14(18)8-6-13/h2-9,11H,10H2,1H3,(H,20,23). The molecule has 24 heavy (non-hydrogen) atoms. The van der Waals surface area contributed by atoms with Crippen LogP contribution < -0.4 is 5.32 Å². The number of carbonyl (C=O) groups excluding carboxylic acids is 1. The molecule has 7 heteroatoms. The molecular weight excluding hydrogens is 388 g/mol. The van der Waals surface area contributed by atoms with Crippen LogP contribution in [0.15, 0.2) is 64.5 Å². The number of thioether (sulfide) groups is 1. The SMILES string of the molecule is CC(=O)Nc1cccc(-n2cnnc2SCc2ccc(Br)cc2)c1. The smallest absolute Gasteiger partial charge is 0.221 e. The lowest BCUT2D eigenvalue weighted by atomic mass is 10.2. The van der Waals surface area contributed by atoms with Gasteiger partial charge in [-0.15, -0.1) is 10.2 Å². The van der Waals surface area contributed by atoms with Crippen molar-refractivity contribution < 1.29 is 4.79 Å². The van der Waals surface area contributed by atoms with Gasteiger partial charge in [0, 0.05) is 22.8 Å². The fourth-order valence-corrected chi connectivity index (χ4v) is 3.31. The van der Waals surface area contributed by atoms with Crippen molar-refractivity contribution in [2.24, 2.45) is 0 Å². The van der Waals surface area contributed by atoms with Crippen molar-refractivity contribution >= 4 is 39.3 Å². The molecule has 0 aliphatic rings. The molecule has 0 bridgehead atoms. The molecule has 0 unspecified atom stereocenters. The van der Waals surface area contributed by atoms with Gasteiger partial charge in [0.25, 0.3) is 0 Å². The summed E-state index contributed by atoms with van der Waals surface area (Å²) in [5.41, 5.74) is 2.87. The number of rotatable bonds is 5. The molecule has 3 aromatic rings. The number of nitrogens with one attached hydrogen (secondary N) is 1. The van der Waals surface area contributed by atoms with Crippen LogP contribution in [0.5, 0.6) is 0 Å². The van der Waals surface area contributed by atoms with Gasteiger partial charge in [-0.1, -0.05) is 45.9 Å². The minimum Gasteiger partial charge on any atom is -0.326 e. The Morgan fingerprint density at radius 2 is 2.04 bits per heavy atom. The van der Waals surface area contributed by atoms with Gasteiger partial charge in [-0.25, -0.2) is 0 Å². The first-order valence-electron chi connectivity index (χ1n) is 7.27. The Morgan fingerprint density at radius 3 is 2.79 bits per heavy atom. The van der Waals surface area contributed by atoms with Crippen molar-refractivity contribution in [2.45, 2.75) is 17.8 Å². The third-order valence-electron chi connectivity index (χ3n) is 3.24. The van der Waals surface area contributed by atoms with Crippen LogP contribution in [0.25, 0.3) is 5.69 Å². The van der Waals surface area contributed by atoms with E-state index in [0.29, 0.717) is 0 Å². The zero-order valence-electron chi connectivity index (χ0n) is 12.9. The molecule has 5 nitrogen and oxygen atoms in total. The zero-order chi connectivity index (χ0) is 16.9. The molecule has 2 aromatic carbocycles. The molecular formula is C17H15BrN4OS. The Morgan fingerprint density at radius 1 is 1.25 bits per heavy atom. The lowest BCUT2D eigenvalue weighted by Gasteiger charge is -2.09. The van der Waals surface area contributed by atoms with E-state index in [9.17, 15) is 4.79 Å². The Bertz CT molecular complexity index is 848. The average Bonchev–Trinajstić information content (AvgIpc) is 3.02. The van der Waals surface area contributed by atoms with Gasteiger partial charge in [-0.2, -0.15) is 0 Å². The van der Waals surface area contributed by atoms with E-state index in [1.165, 1.54) is 12.5 Å². The quantitative estimate of drug-likeness (QED) is 0.646. The fraction of sp³-hybridized carbons (Fsp3) is 0.118. The van der Waals surface area contributed by atoms with Crippen LogP contribution >= 0.6 is 27.7 Å². The minimum atomic E-state index is -0.0965. The minimum absolute atomic E-state index is 0.0965. The first kappa shape index (κ1) is 16.7. The number of hydrogen-bond acceptors (Lipinski definition) is 4. The van der Waals surface area contributed by atoms with Crippen molar-refractivity contribution in [3.63, 3.8) is 0 Å². The molecule has 3 rings (SSSR count). The number of carbonyl (C=O) groups is 1. The van der Waals surface area contributed by atoms with Gasteiger partial charge in [-0.3, -0.25) is 9.36 Å². The Kier molecular flexibility index (Phi) is 5.32. The first-order valence-corrected chi connectivity index (χ1v) is 9.05. The summed E-state index contributed by atoms with van der Waals surface area (Å²) in [7, 11) is 0.